The smallest absolute Gasteiger partial charge is 0.290 e. The van der Waals surface area contributed by atoms with E-state index in [1.165, 1.54) is 6.92 Å². The summed E-state index contributed by atoms with van der Waals surface area (Å²) in [5.41, 5.74) is 5.93. The van der Waals surface area contributed by atoms with Crippen LogP contribution in [-0.4, -0.2) is 39.3 Å². The Morgan fingerprint density at radius 2 is 2.07 bits per heavy atom. The first kappa shape index (κ1) is 19.8. The minimum absolute atomic E-state index is 0.0640. The zero-order valence-electron chi connectivity index (χ0n) is 15.2. The zero-order valence-corrected chi connectivity index (χ0v) is 16.0. The van der Waals surface area contributed by atoms with Crippen LogP contribution >= 0.6 is 11.6 Å². The van der Waals surface area contributed by atoms with Crippen molar-refractivity contribution < 1.29 is 18.9 Å². The van der Waals surface area contributed by atoms with Crippen LogP contribution in [0.3, 0.4) is 0 Å². The molecule has 1 fully saturated rings. The van der Waals surface area contributed by atoms with Gasteiger partial charge in [-0.15, -0.1) is 0 Å². The second-order valence-corrected chi connectivity index (χ2v) is 7.01. The summed E-state index contributed by atoms with van der Waals surface area (Å²) < 4.78 is 5.12. The highest BCUT2D eigenvalue weighted by Crippen LogP contribution is 2.32. The molecule has 0 spiro atoms. The molecule has 1 aromatic carbocycles. The van der Waals surface area contributed by atoms with Gasteiger partial charge in [-0.2, -0.15) is 4.98 Å². The highest BCUT2D eigenvalue weighted by molar-refractivity contribution is 6.30. The summed E-state index contributed by atoms with van der Waals surface area (Å²) >= 11 is 5.92. The van der Waals surface area contributed by atoms with Crippen molar-refractivity contribution in [1.82, 2.24) is 20.4 Å². The van der Waals surface area contributed by atoms with Crippen molar-refractivity contribution in [3.05, 3.63) is 46.6 Å². The van der Waals surface area contributed by atoms with Crippen LogP contribution < -0.4 is 11.1 Å². The topological polar surface area (TPSA) is 131 Å². The van der Waals surface area contributed by atoms with E-state index in [0.29, 0.717) is 18.0 Å². The van der Waals surface area contributed by atoms with Crippen molar-refractivity contribution in [3.8, 4) is 0 Å². The summed E-state index contributed by atoms with van der Waals surface area (Å²) in [6, 6.07) is 6.05. The molecule has 0 aliphatic carbocycles. The predicted octanol–water partition coefficient (Wildman–Crippen LogP) is 1.75. The molecule has 148 valence electrons. The lowest BCUT2D eigenvalue weighted by molar-refractivity contribution is -0.133. The highest BCUT2D eigenvalue weighted by atomic mass is 35.5. The van der Waals surface area contributed by atoms with Crippen LogP contribution in [0, 0.1) is 0 Å². The number of amides is 3. The number of hydrogen-bond acceptors (Lipinski definition) is 6. The lowest BCUT2D eigenvalue weighted by Crippen LogP contribution is -2.35. The molecule has 1 saturated heterocycles. The number of likely N-dealkylation sites (tertiary alicyclic amines) is 1. The van der Waals surface area contributed by atoms with Gasteiger partial charge in [0.15, 0.2) is 0 Å². The largest absolute Gasteiger partial charge is 0.363 e. The third-order valence-corrected chi connectivity index (χ3v) is 4.80. The van der Waals surface area contributed by atoms with Crippen molar-refractivity contribution in [1.29, 1.82) is 0 Å². The van der Waals surface area contributed by atoms with E-state index in [1.807, 2.05) is 0 Å². The molecule has 9 nitrogen and oxygen atoms in total. The molecule has 1 aliphatic rings. The maximum Gasteiger partial charge on any atom is 0.290 e. The minimum Gasteiger partial charge on any atom is -0.363 e. The first-order valence-corrected chi connectivity index (χ1v) is 9.18. The molecule has 0 radical (unpaired) electrons. The molecule has 3 rings (SSSR count). The molecular formula is C18H20ClN5O4. The number of hydrogen-bond donors (Lipinski definition) is 2. The second kappa shape index (κ2) is 8.39. The number of aromatic nitrogens is 2. The Labute approximate surface area is 166 Å². The lowest BCUT2D eigenvalue weighted by Gasteiger charge is -2.25. The summed E-state index contributed by atoms with van der Waals surface area (Å²) in [5, 5.41) is 6.91. The molecule has 0 bridgehead atoms. The second-order valence-electron chi connectivity index (χ2n) is 6.57. The van der Waals surface area contributed by atoms with Crippen LogP contribution in [-0.2, 0) is 9.59 Å². The molecule has 2 aromatic rings. The number of nitrogens with zero attached hydrogens (tertiary/aromatic N) is 3. The monoisotopic (exact) mass is 405 g/mol. The molecule has 28 heavy (non-hydrogen) atoms. The average molecular weight is 406 g/mol. The molecule has 2 unspecified atom stereocenters. The van der Waals surface area contributed by atoms with E-state index < -0.39 is 18.0 Å². The van der Waals surface area contributed by atoms with Gasteiger partial charge in [0.25, 0.3) is 11.7 Å². The number of carbonyl (C=O) groups is 3. The summed E-state index contributed by atoms with van der Waals surface area (Å²) in [6.45, 7) is 1.92. The fourth-order valence-electron chi connectivity index (χ4n) is 3.28. The summed E-state index contributed by atoms with van der Waals surface area (Å²) in [7, 11) is 0. The maximum absolute atomic E-state index is 13.0. The van der Waals surface area contributed by atoms with Gasteiger partial charge < -0.3 is 20.5 Å². The van der Waals surface area contributed by atoms with Gasteiger partial charge in [-0.05, 0) is 30.5 Å². The van der Waals surface area contributed by atoms with E-state index in [9.17, 15) is 14.4 Å². The Morgan fingerprint density at radius 3 is 2.68 bits per heavy atom. The van der Waals surface area contributed by atoms with E-state index in [0.717, 1.165) is 12.0 Å². The fraction of sp³-hybridized carbons (Fsp3) is 0.389. The van der Waals surface area contributed by atoms with Gasteiger partial charge in [0.1, 0.15) is 6.04 Å². The van der Waals surface area contributed by atoms with Crippen LogP contribution in [0.4, 0.5) is 0 Å². The number of primary amides is 1. The third-order valence-electron chi connectivity index (χ3n) is 4.55. The van der Waals surface area contributed by atoms with Crippen molar-refractivity contribution in [2.75, 3.05) is 6.54 Å². The average Bonchev–Trinajstić information content (AvgIpc) is 3.30. The molecular weight excluding hydrogens is 386 g/mol. The molecule has 1 aromatic heterocycles. The summed E-state index contributed by atoms with van der Waals surface area (Å²) in [4.78, 5) is 41.4. The zero-order chi connectivity index (χ0) is 20.3. The highest BCUT2D eigenvalue weighted by Gasteiger charge is 2.35. The standard InChI is InChI=1S/C18H20ClN5O4/c1-10(25)21-13(11-4-6-12(19)7-5-11)9-15(26)24-8-2-3-14(24)18-22-17(16(20)27)23-28-18/h4-7,13-14H,2-3,8-9H2,1H3,(H2,20,27)(H,21,25). The van der Waals surface area contributed by atoms with Gasteiger partial charge in [-0.3, -0.25) is 14.4 Å². The van der Waals surface area contributed by atoms with E-state index in [1.54, 1.807) is 29.2 Å². The number of rotatable bonds is 6. The van der Waals surface area contributed by atoms with E-state index in [4.69, 9.17) is 21.9 Å². The van der Waals surface area contributed by atoms with Crippen molar-refractivity contribution in [3.63, 3.8) is 0 Å². The molecule has 1 aliphatic heterocycles. The van der Waals surface area contributed by atoms with E-state index in [-0.39, 0.29) is 30.0 Å². The van der Waals surface area contributed by atoms with Crippen LogP contribution in [0.15, 0.2) is 28.8 Å². The van der Waals surface area contributed by atoms with Gasteiger partial charge in [0, 0.05) is 18.5 Å². The van der Waals surface area contributed by atoms with E-state index >= 15 is 0 Å². The van der Waals surface area contributed by atoms with Crippen LogP contribution in [0.25, 0.3) is 0 Å². The number of benzene rings is 1. The van der Waals surface area contributed by atoms with Crippen molar-refractivity contribution in [2.45, 2.75) is 38.3 Å². The van der Waals surface area contributed by atoms with Crippen LogP contribution in [0.2, 0.25) is 5.02 Å². The molecule has 2 atom stereocenters. The van der Waals surface area contributed by atoms with Crippen molar-refractivity contribution in [2.24, 2.45) is 5.73 Å². The molecule has 2 heterocycles. The van der Waals surface area contributed by atoms with Crippen LogP contribution in [0.1, 0.15) is 60.3 Å². The normalized spacial score (nSPS) is 17.4. The first-order chi connectivity index (χ1) is 13.3. The van der Waals surface area contributed by atoms with Crippen molar-refractivity contribution >= 4 is 29.3 Å². The first-order valence-electron chi connectivity index (χ1n) is 8.80. The Morgan fingerprint density at radius 1 is 1.36 bits per heavy atom. The molecule has 0 saturated carbocycles. The Kier molecular flexibility index (Phi) is 5.93. The SMILES string of the molecule is CC(=O)NC(CC(=O)N1CCCC1c1nc(C(N)=O)no1)c1ccc(Cl)cc1. The van der Waals surface area contributed by atoms with Gasteiger partial charge >= 0.3 is 0 Å². The maximum atomic E-state index is 13.0. The Bertz CT molecular complexity index is 882. The quantitative estimate of drug-likeness (QED) is 0.752. The predicted molar refractivity (Wildman–Crippen MR) is 99.1 cm³/mol. The number of nitrogens with two attached hydrogens (primary N) is 1. The minimum atomic E-state index is -0.792. The van der Waals surface area contributed by atoms with Gasteiger partial charge in [0.05, 0.1) is 12.5 Å². The Balaban J connectivity index is 1.76. The number of halogens is 1. The van der Waals surface area contributed by atoms with Crippen LogP contribution in [0.5, 0.6) is 0 Å². The Hall–Kier alpha value is -2.94. The third kappa shape index (κ3) is 4.48. The molecule has 3 N–H and O–H groups in total. The number of carbonyl (C=O) groups excluding carboxylic acids is 3. The lowest BCUT2D eigenvalue weighted by atomic mass is 10.0. The molecule has 3 amide bonds. The van der Waals surface area contributed by atoms with Gasteiger partial charge in [-0.25, -0.2) is 0 Å². The van der Waals surface area contributed by atoms with Gasteiger partial charge in [0.2, 0.25) is 17.7 Å². The summed E-state index contributed by atoms with van der Waals surface area (Å²) in [5.74, 6) is -1.24. The summed E-state index contributed by atoms with van der Waals surface area (Å²) in [6.07, 6.45) is 1.46. The van der Waals surface area contributed by atoms with E-state index in [2.05, 4.69) is 15.5 Å². The molecule has 10 heteroatoms. The van der Waals surface area contributed by atoms with Gasteiger partial charge in [-0.1, -0.05) is 28.9 Å². The number of nitrogens with one attached hydrogen (secondary N) is 1. The fourth-order valence-corrected chi connectivity index (χ4v) is 3.40.